The summed E-state index contributed by atoms with van der Waals surface area (Å²) in [6.07, 6.45) is -0.297. The second kappa shape index (κ2) is 10.0. The van der Waals surface area contributed by atoms with Gasteiger partial charge in [0.25, 0.3) is 0 Å². The Labute approximate surface area is 186 Å². The fourth-order valence-electron chi connectivity index (χ4n) is 4.37. The van der Waals surface area contributed by atoms with Crippen molar-refractivity contribution in [2.75, 3.05) is 45.9 Å². The van der Waals surface area contributed by atoms with E-state index in [1.807, 2.05) is 17.0 Å². The average Bonchev–Trinajstić information content (AvgIpc) is 2.80. The van der Waals surface area contributed by atoms with Gasteiger partial charge in [0.2, 0.25) is 5.91 Å². The number of halogens is 3. The zero-order valence-electron chi connectivity index (χ0n) is 18.0. The predicted molar refractivity (Wildman–Crippen MR) is 114 cm³/mol. The molecule has 2 aromatic rings. The number of benzene rings is 1. The molecular formula is C24H28F3N3O2. The van der Waals surface area contributed by atoms with Gasteiger partial charge >= 0.3 is 6.18 Å². The standard InChI is InChI=1S/C24H28F3N3O2/c25-24(26,27)21-5-1-3-18(14-21)13-19-6-7-22(28-15-19)20-4-2-8-30(16-20)23(31)17-29-9-11-32-12-10-29/h1,3,5-7,14-15,20H,2,4,8-13,16-17H2/t20-/m1/s1. The molecular weight excluding hydrogens is 419 g/mol. The number of morpholine rings is 1. The van der Waals surface area contributed by atoms with Crippen LogP contribution in [-0.2, 0) is 22.1 Å². The zero-order chi connectivity index (χ0) is 22.6. The van der Waals surface area contributed by atoms with Gasteiger partial charge in [-0.25, -0.2) is 0 Å². The van der Waals surface area contributed by atoms with Crippen LogP contribution in [0.4, 0.5) is 13.2 Å². The highest BCUT2D eigenvalue weighted by atomic mass is 19.4. The fourth-order valence-corrected chi connectivity index (χ4v) is 4.37. The summed E-state index contributed by atoms with van der Waals surface area (Å²) in [6, 6.07) is 9.28. The summed E-state index contributed by atoms with van der Waals surface area (Å²) in [5.74, 6) is 0.331. The molecule has 0 N–H and O–H groups in total. The van der Waals surface area contributed by atoms with Crippen LogP contribution in [0.15, 0.2) is 42.6 Å². The van der Waals surface area contributed by atoms with Crippen molar-refractivity contribution in [3.05, 3.63) is 65.0 Å². The predicted octanol–water partition coefficient (Wildman–Crippen LogP) is 3.73. The lowest BCUT2D eigenvalue weighted by atomic mass is 9.93. The molecule has 8 heteroatoms. The number of ether oxygens (including phenoxy) is 1. The molecule has 2 fully saturated rings. The SMILES string of the molecule is O=C(CN1CCOCC1)N1CCC[C@@H](c2ccc(Cc3cccc(C(F)(F)F)c3)cn2)C1. The zero-order valence-corrected chi connectivity index (χ0v) is 18.0. The molecule has 2 aliphatic heterocycles. The maximum absolute atomic E-state index is 12.9. The van der Waals surface area contributed by atoms with E-state index in [1.165, 1.54) is 12.1 Å². The molecule has 32 heavy (non-hydrogen) atoms. The number of hydrogen-bond acceptors (Lipinski definition) is 4. The number of nitrogens with zero attached hydrogens (tertiary/aromatic N) is 3. The van der Waals surface area contributed by atoms with Gasteiger partial charge in [0.05, 0.1) is 25.3 Å². The van der Waals surface area contributed by atoms with Crippen molar-refractivity contribution < 1.29 is 22.7 Å². The molecule has 1 aromatic carbocycles. The second-order valence-electron chi connectivity index (χ2n) is 8.53. The molecule has 0 unspecified atom stereocenters. The number of hydrogen-bond donors (Lipinski definition) is 0. The molecule has 0 saturated carbocycles. The lowest BCUT2D eigenvalue weighted by Crippen LogP contribution is -2.47. The molecule has 0 radical (unpaired) electrons. The second-order valence-corrected chi connectivity index (χ2v) is 8.53. The summed E-state index contributed by atoms with van der Waals surface area (Å²) >= 11 is 0. The highest BCUT2D eigenvalue weighted by Gasteiger charge is 2.30. The minimum absolute atomic E-state index is 0.151. The number of rotatable bonds is 5. The van der Waals surface area contributed by atoms with E-state index < -0.39 is 11.7 Å². The number of aromatic nitrogens is 1. The Morgan fingerprint density at radius 3 is 2.62 bits per heavy atom. The van der Waals surface area contributed by atoms with Crippen molar-refractivity contribution in [1.29, 1.82) is 0 Å². The largest absolute Gasteiger partial charge is 0.416 e. The summed E-state index contributed by atoms with van der Waals surface area (Å²) in [5, 5.41) is 0. The quantitative estimate of drug-likeness (QED) is 0.701. The average molecular weight is 448 g/mol. The summed E-state index contributed by atoms with van der Waals surface area (Å²) < 4.78 is 44.2. The molecule has 2 aliphatic rings. The summed E-state index contributed by atoms with van der Waals surface area (Å²) in [5.41, 5.74) is 1.77. The normalized spacial score (nSPS) is 20.3. The first-order chi connectivity index (χ1) is 15.4. The van der Waals surface area contributed by atoms with Crippen LogP contribution < -0.4 is 0 Å². The van der Waals surface area contributed by atoms with Gasteiger partial charge in [-0.15, -0.1) is 0 Å². The van der Waals surface area contributed by atoms with Crippen LogP contribution in [0.3, 0.4) is 0 Å². The molecule has 1 atom stereocenters. The molecule has 0 aliphatic carbocycles. The van der Waals surface area contributed by atoms with Crippen molar-refractivity contribution in [1.82, 2.24) is 14.8 Å². The van der Waals surface area contributed by atoms with E-state index in [1.54, 1.807) is 12.3 Å². The van der Waals surface area contributed by atoms with Gasteiger partial charge in [0.15, 0.2) is 0 Å². The highest BCUT2D eigenvalue weighted by Crippen LogP contribution is 2.30. The molecule has 1 amide bonds. The summed E-state index contributed by atoms with van der Waals surface area (Å²) in [6.45, 7) is 4.78. The Bertz CT molecular complexity index is 911. The van der Waals surface area contributed by atoms with E-state index in [-0.39, 0.29) is 11.8 Å². The van der Waals surface area contributed by atoms with E-state index in [9.17, 15) is 18.0 Å². The van der Waals surface area contributed by atoms with Gasteiger partial charge in [0, 0.05) is 44.0 Å². The monoisotopic (exact) mass is 447 g/mol. The number of pyridine rings is 1. The summed E-state index contributed by atoms with van der Waals surface area (Å²) in [7, 11) is 0. The van der Waals surface area contributed by atoms with Crippen LogP contribution in [-0.4, -0.2) is 66.6 Å². The fraction of sp³-hybridized carbons (Fsp3) is 0.500. The van der Waals surface area contributed by atoms with E-state index in [0.29, 0.717) is 38.3 Å². The third-order valence-corrected chi connectivity index (χ3v) is 6.17. The molecule has 5 nitrogen and oxygen atoms in total. The first kappa shape index (κ1) is 22.7. The van der Waals surface area contributed by atoms with Gasteiger partial charge in [-0.1, -0.05) is 24.3 Å². The molecule has 2 saturated heterocycles. The lowest BCUT2D eigenvalue weighted by molar-refractivity contribution is -0.137. The number of likely N-dealkylation sites (tertiary alicyclic amines) is 1. The van der Waals surface area contributed by atoms with E-state index in [0.717, 1.165) is 49.8 Å². The van der Waals surface area contributed by atoms with E-state index >= 15 is 0 Å². The van der Waals surface area contributed by atoms with Gasteiger partial charge in [-0.05, 0) is 42.5 Å². The van der Waals surface area contributed by atoms with Gasteiger partial charge < -0.3 is 9.64 Å². The van der Waals surface area contributed by atoms with Crippen LogP contribution in [0.5, 0.6) is 0 Å². The first-order valence-electron chi connectivity index (χ1n) is 11.1. The van der Waals surface area contributed by atoms with Crippen LogP contribution >= 0.6 is 0 Å². The van der Waals surface area contributed by atoms with Crippen LogP contribution in [0.2, 0.25) is 0 Å². The topological polar surface area (TPSA) is 45.7 Å². The van der Waals surface area contributed by atoms with E-state index in [4.69, 9.17) is 4.74 Å². The Kier molecular flexibility index (Phi) is 7.10. The summed E-state index contributed by atoms with van der Waals surface area (Å²) in [4.78, 5) is 21.4. The van der Waals surface area contributed by atoms with Crippen LogP contribution in [0.1, 0.15) is 41.1 Å². The molecule has 0 spiro atoms. The highest BCUT2D eigenvalue weighted by molar-refractivity contribution is 5.78. The van der Waals surface area contributed by atoms with Crippen molar-refractivity contribution in [2.45, 2.75) is 31.4 Å². The maximum atomic E-state index is 12.9. The smallest absolute Gasteiger partial charge is 0.379 e. The maximum Gasteiger partial charge on any atom is 0.416 e. The lowest BCUT2D eigenvalue weighted by Gasteiger charge is -2.35. The van der Waals surface area contributed by atoms with Crippen molar-refractivity contribution >= 4 is 5.91 Å². The Balaban J connectivity index is 1.35. The van der Waals surface area contributed by atoms with E-state index in [2.05, 4.69) is 9.88 Å². The number of piperidine rings is 1. The van der Waals surface area contributed by atoms with Gasteiger partial charge in [-0.2, -0.15) is 13.2 Å². The molecule has 172 valence electrons. The Morgan fingerprint density at radius 2 is 1.91 bits per heavy atom. The molecule has 3 heterocycles. The minimum atomic E-state index is -4.34. The van der Waals surface area contributed by atoms with Crippen LogP contribution in [0, 0.1) is 0 Å². The third kappa shape index (κ3) is 5.86. The molecule has 4 rings (SSSR count). The Hall–Kier alpha value is -2.45. The molecule has 0 bridgehead atoms. The van der Waals surface area contributed by atoms with Crippen molar-refractivity contribution in [3.63, 3.8) is 0 Å². The number of alkyl halides is 3. The van der Waals surface area contributed by atoms with Gasteiger partial charge in [-0.3, -0.25) is 14.7 Å². The number of amides is 1. The van der Waals surface area contributed by atoms with Crippen molar-refractivity contribution in [2.24, 2.45) is 0 Å². The molecule has 1 aromatic heterocycles. The van der Waals surface area contributed by atoms with Crippen molar-refractivity contribution in [3.8, 4) is 0 Å². The first-order valence-corrected chi connectivity index (χ1v) is 11.1. The Morgan fingerprint density at radius 1 is 1.09 bits per heavy atom. The number of carbonyl (C=O) groups is 1. The minimum Gasteiger partial charge on any atom is -0.379 e. The van der Waals surface area contributed by atoms with Gasteiger partial charge in [0.1, 0.15) is 0 Å². The third-order valence-electron chi connectivity index (χ3n) is 6.17. The number of carbonyl (C=O) groups excluding carboxylic acids is 1. The van der Waals surface area contributed by atoms with Crippen LogP contribution in [0.25, 0.3) is 0 Å².